The normalized spacial score (nSPS) is 11.3. The maximum absolute atomic E-state index is 6.42. The van der Waals surface area contributed by atoms with Gasteiger partial charge in [-0.3, -0.25) is 0 Å². The van der Waals surface area contributed by atoms with E-state index in [2.05, 4.69) is 108 Å². The van der Waals surface area contributed by atoms with Gasteiger partial charge in [0, 0.05) is 21.8 Å². The van der Waals surface area contributed by atoms with E-state index in [1.54, 1.807) is 0 Å². The van der Waals surface area contributed by atoms with Gasteiger partial charge in [-0.05, 0) is 40.8 Å². The van der Waals surface area contributed by atoms with Gasteiger partial charge in [0.15, 0.2) is 5.58 Å². The number of benzene rings is 5. The van der Waals surface area contributed by atoms with Crippen LogP contribution < -0.4 is 5.32 Å². The lowest BCUT2D eigenvalue weighted by Crippen LogP contribution is -1.91. The van der Waals surface area contributed by atoms with Gasteiger partial charge in [-0.15, -0.1) is 0 Å². The summed E-state index contributed by atoms with van der Waals surface area (Å²) in [5, 5.41) is 8.17. The summed E-state index contributed by atoms with van der Waals surface area (Å²) in [5.41, 5.74) is 6.22. The first-order valence-electron chi connectivity index (χ1n) is 10.1. The van der Waals surface area contributed by atoms with E-state index in [-0.39, 0.29) is 0 Å². The minimum absolute atomic E-state index is 0.883. The van der Waals surface area contributed by atoms with Crippen molar-refractivity contribution < 1.29 is 4.42 Å². The summed E-state index contributed by atoms with van der Waals surface area (Å²) >= 11 is 0. The van der Waals surface area contributed by atoms with Crippen LogP contribution in [0.4, 0.5) is 11.4 Å². The van der Waals surface area contributed by atoms with Gasteiger partial charge in [0.05, 0.1) is 5.69 Å². The van der Waals surface area contributed by atoms with Gasteiger partial charge in [0.2, 0.25) is 0 Å². The molecule has 0 aliphatic carbocycles. The van der Waals surface area contributed by atoms with Crippen molar-refractivity contribution in [1.29, 1.82) is 0 Å². The number of nitrogens with one attached hydrogen (secondary N) is 1. The van der Waals surface area contributed by atoms with Gasteiger partial charge in [0.25, 0.3) is 0 Å². The van der Waals surface area contributed by atoms with Crippen molar-refractivity contribution in [2.24, 2.45) is 0 Å². The van der Waals surface area contributed by atoms with Gasteiger partial charge in [-0.2, -0.15) is 0 Å². The Morgan fingerprint density at radius 3 is 2.17 bits per heavy atom. The van der Waals surface area contributed by atoms with E-state index in [9.17, 15) is 0 Å². The molecule has 2 nitrogen and oxygen atoms in total. The van der Waals surface area contributed by atoms with Gasteiger partial charge in [-0.1, -0.05) is 84.9 Å². The smallest absolute Gasteiger partial charge is 0.158 e. The predicted molar refractivity (Wildman–Crippen MR) is 126 cm³/mol. The Morgan fingerprint density at radius 2 is 1.23 bits per heavy atom. The molecule has 6 aromatic rings. The number of para-hydroxylation sites is 1. The number of hydrogen-bond acceptors (Lipinski definition) is 2. The summed E-state index contributed by atoms with van der Waals surface area (Å²) in [6.07, 6.45) is 0. The zero-order chi connectivity index (χ0) is 19.9. The Morgan fingerprint density at radius 1 is 0.500 bits per heavy atom. The van der Waals surface area contributed by atoms with Crippen LogP contribution in [0.3, 0.4) is 0 Å². The van der Waals surface area contributed by atoms with Crippen LogP contribution >= 0.6 is 0 Å². The lowest BCUT2D eigenvalue weighted by Gasteiger charge is -2.09. The fourth-order valence-electron chi connectivity index (χ4n) is 4.19. The van der Waals surface area contributed by atoms with Crippen LogP contribution in [0.15, 0.2) is 114 Å². The molecule has 0 aliphatic heterocycles. The van der Waals surface area contributed by atoms with E-state index in [0.29, 0.717) is 0 Å². The first kappa shape index (κ1) is 16.9. The van der Waals surface area contributed by atoms with Crippen LogP contribution in [0.5, 0.6) is 0 Å². The first-order chi connectivity index (χ1) is 14.9. The van der Waals surface area contributed by atoms with E-state index < -0.39 is 0 Å². The van der Waals surface area contributed by atoms with Gasteiger partial charge >= 0.3 is 0 Å². The molecule has 0 saturated carbocycles. The Hall–Kier alpha value is -4.04. The largest absolute Gasteiger partial charge is 0.453 e. The molecule has 2 heteroatoms. The second-order valence-electron chi connectivity index (χ2n) is 7.52. The number of fused-ring (bicyclic) bond motifs is 5. The van der Waals surface area contributed by atoms with Gasteiger partial charge < -0.3 is 9.73 Å². The maximum Gasteiger partial charge on any atom is 0.158 e. The van der Waals surface area contributed by atoms with Crippen molar-refractivity contribution in [2.75, 3.05) is 5.32 Å². The number of hydrogen-bond donors (Lipinski definition) is 1. The van der Waals surface area contributed by atoms with E-state index in [1.807, 2.05) is 6.07 Å². The highest BCUT2D eigenvalue weighted by Gasteiger charge is 2.13. The number of furan rings is 1. The highest BCUT2D eigenvalue weighted by atomic mass is 16.3. The summed E-state index contributed by atoms with van der Waals surface area (Å²) in [7, 11) is 0. The minimum Gasteiger partial charge on any atom is -0.453 e. The molecule has 0 fully saturated rings. The molecule has 5 aromatic carbocycles. The topological polar surface area (TPSA) is 25.2 Å². The molecule has 0 aliphatic rings. The van der Waals surface area contributed by atoms with Crippen LogP contribution in [0.2, 0.25) is 0 Å². The van der Waals surface area contributed by atoms with Gasteiger partial charge in [0.1, 0.15) is 5.58 Å². The number of anilines is 2. The third-order valence-electron chi connectivity index (χ3n) is 5.64. The van der Waals surface area contributed by atoms with Crippen LogP contribution in [-0.2, 0) is 0 Å². The van der Waals surface area contributed by atoms with E-state index in [0.717, 1.165) is 38.7 Å². The predicted octanol–water partition coefficient (Wildman–Crippen LogP) is 8.15. The quantitative estimate of drug-likeness (QED) is 0.332. The average molecular weight is 385 g/mol. The Balaban J connectivity index is 1.48. The van der Waals surface area contributed by atoms with Gasteiger partial charge in [-0.25, -0.2) is 0 Å². The molecular formula is C28H19NO. The molecule has 30 heavy (non-hydrogen) atoms. The lowest BCUT2D eigenvalue weighted by atomic mass is 10.0. The molecule has 0 atom stereocenters. The SMILES string of the molecule is c1ccc(-c2cccc(Nc3cccc4c3oc3c5ccccc5ccc43)c2)cc1. The van der Waals surface area contributed by atoms with Crippen LogP contribution in [0.25, 0.3) is 43.8 Å². The Kier molecular flexibility index (Phi) is 3.82. The summed E-state index contributed by atoms with van der Waals surface area (Å²) in [6, 6.07) is 37.9. The third-order valence-corrected chi connectivity index (χ3v) is 5.64. The molecule has 0 radical (unpaired) electrons. The molecule has 0 bridgehead atoms. The fraction of sp³-hybridized carbons (Fsp3) is 0. The van der Waals surface area contributed by atoms with Crippen molar-refractivity contribution in [1.82, 2.24) is 0 Å². The zero-order valence-corrected chi connectivity index (χ0v) is 16.3. The summed E-state index contributed by atoms with van der Waals surface area (Å²) < 4.78 is 6.42. The van der Waals surface area contributed by atoms with Crippen LogP contribution in [0, 0.1) is 0 Å². The van der Waals surface area contributed by atoms with Crippen molar-refractivity contribution >= 4 is 44.1 Å². The Bertz CT molecular complexity index is 1510. The summed E-state index contributed by atoms with van der Waals surface area (Å²) in [6.45, 7) is 0. The zero-order valence-electron chi connectivity index (χ0n) is 16.3. The molecule has 0 spiro atoms. The monoisotopic (exact) mass is 385 g/mol. The fourth-order valence-corrected chi connectivity index (χ4v) is 4.19. The molecule has 0 saturated heterocycles. The van der Waals surface area contributed by atoms with E-state index in [1.165, 1.54) is 16.5 Å². The molecule has 1 N–H and O–H groups in total. The number of rotatable bonds is 3. The van der Waals surface area contributed by atoms with Crippen molar-refractivity contribution in [2.45, 2.75) is 0 Å². The third kappa shape index (κ3) is 2.73. The molecule has 1 heterocycles. The van der Waals surface area contributed by atoms with E-state index >= 15 is 0 Å². The first-order valence-corrected chi connectivity index (χ1v) is 10.1. The molecule has 142 valence electrons. The minimum atomic E-state index is 0.883. The van der Waals surface area contributed by atoms with Crippen molar-refractivity contribution in [3.63, 3.8) is 0 Å². The van der Waals surface area contributed by atoms with E-state index in [4.69, 9.17) is 4.42 Å². The standard InChI is InChI=1S/C28H19NO/c1-2-8-19(9-3-1)21-11-6-12-22(18-21)29-26-15-7-14-24-25-17-16-20-10-4-5-13-23(20)27(25)30-28(24)26/h1-18,29H. The molecular weight excluding hydrogens is 366 g/mol. The van der Waals surface area contributed by atoms with Crippen molar-refractivity contribution in [3.05, 3.63) is 109 Å². The van der Waals surface area contributed by atoms with Crippen LogP contribution in [-0.4, -0.2) is 0 Å². The highest BCUT2D eigenvalue weighted by molar-refractivity contribution is 6.17. The van der Waals surface area contributed by atoms with Crippen molar-refractivity contribution in [3.8, 4) is 11.1 Å². The second kappa shape index (κ2) is 6.78. The highest BCUT2D eigenvalue weighted by Crippen LogP contribution is 2.38. The summed E-state index contributed by atoms with van der Waals surface area (Å²) in [4.78, 5) is 0. The molecule has 0 unspecified atom stereocenters. The van der Waals surface area contributed by atoms with Crippen LogP contribution in [0.1, 0.15) is 0 Å². The lowest BCUT2D eigenvalue weighted by molar-refractivity contribution is 0.674. The molecule has 0 amide bonds. The Labute approximate surface area is 174 Å². The second-order valence-corrected chi connectivity index (χ2v) is 7.52. The molecule has 1 aromatic heterocycles. The molecule has 6 rings (SSSR count). The average Bonchev–Trinajstić information content (AvgIpc) is 3.20. The maximum atomic E-state index is 6.42. The summed E-state index contributed by atoms with van der Waals surface area (Å²) in [5.74, 6) is 0.